The SMILES string of the molecule is O=C(CNCc1ccc(F)cc1)Nc1ccc(Cl)c(C(F)(F)F)c1. The highest BCUT2D eigenvalue weighted by Gasteiger charge is 2.33. The van der Waals surface area contributed by atoms with Gasteiger partial charge in [0.2, 0.25) is 5.91 Å². The number of amides is 1. The molecule has 0 saturated heterocycles. The molecule has 8 heteroatoms. The number of alkyl halides is 3. The molecule has 2 aromatic rings. The zero-order valence-electron chi connectivity index (χ0n) is 12.3. The number of benzene rings is 2. The number of carbonyl (C=O) groups excluding carboxylic acids is 1. The van der Waals surface area contributed by atoms with Crippen LogP contribution in [-0.4, -0.2) is 12.5 Å². The Labute approximate surface area is 140 Å². The molecule has 3 nitrogen and oxygen atoms in total. The van der Waals surface area contributed by atoms with Gasteiger partial charge >= 0.3 is 6.18 Å². The van der Waals surface area contributed by atoms with Crippen LogP contribution in [0.5, 0.6) is 0 Å². The van der Waals surface area contributed by atoms with Crippen molar-refractivity contribution in [3.63, 3.8) is 0 Å². The van der Waals surface area contributed by atoms with E-state index in [0.29, 0.717) is 6.54 Å². The van der Waals surface area contributed by atoms with Crippen LogP contribution in [0.4, 0.5) is 23.2 Å². The minimum absolute atomic E-state index is 0.000284. The average molecular weight is 361 g/mol. The second-order valence-corrected chi connectivity index (χ2v) is 5.38. The second-order valence-electron chi connectivity index (χ2n) is 4.97. The number of carbonyl (C=O) groups is 1. The quantitative estimate of drug-likeness (QED) is 0.784. The van der Waals surface area contributed by atoms with Crippen molar-refractivity contribution in [1.29, 1.82) is 0 Å². The van der Waals surface area contributed by atoms with Crippen LogP contribution in [0, 0.1) is 5.82 Å². The monoisotopic (exact) mass is 360 g/mol. The van der Waals surface area contributed by atoms with E-state index in [2.05, 4.69) is 10.6 Å². The van der Waals surface area contributed by atoms with Crippen molar-refractivity contribution < 1.29 is 22.4 Å². The van der Waals surface area contributed by atoms with E-state index in [9.17, 15) is 22.4 Å². The lowest BCUT2D eigenvalue weighted by molar-refractivity contribution is -0.137. The Hall–Kier alpha value is -2.12. The van der Waals surface area contributed by atoms with Gasteiger partial charge in [0, 0.05) is 12.2 Å². The van der Waals surface area contributed by atoms with Gasteiger partial charge in [-0.3, -0.25) is 4.79 Å². The Kier molecular flexibility index (Phi) is 5.80. The van der Waals surface area contributed by atoms with Crippen LogP contribution in [0.1, 0.15) is 11.1 Å². The highest BCUT2D eigenvalue weighted by molar-refractivity contribution is 6.31. The standard InChI is InChI=1S/C16H13ClF4N2O/c17-14-6-5-12(7-13(14)16(19,20)21)23-15(24)9-22-8-10-1-3-11(18)4-2-10/h1-7,22H,8-9H2,(H,23,24). The highest BCUT2D eigenvalue weighted by atomic mass is 35.5. The number of rotatable bonds is 5. The summed E-state index contributed by atoms with van der Waals surface area (Å²) >= 11 is 5.51. The van der Waals surface area contributed by atoms with Crippen molar-refractivity contribution in [1.82, 2.24) is 5.32 Å². The van der Waals surface area contributed by atoms with Crippen LogP contribution in [0.15, 0.2) is 42.5 Å². The molecule has 2 N–H and O–H groups in total. The number of halogens is 5. The van der Waals surface area contributed by atoms with Crippen molar-refractivity contribution in [2.75, 3.05) is 11.9 Å². The fraction of sp³-hybridized carbons (Fsp3) is 0.188. The predicted molar refractivity (Wildman–Crippen MR) is 83.2 cm³/mol. The first kappa shape index (κ1) is 18.2. The number of hydrogen-bond donors (Lipinski definition) is 2. The molecular formula is C16H13ClF4N2O. The maximum absolute atomic E-state index is 12.8. The second kappa shape index (κ2) is 7.63. The maximum atomic E-state index is 12.8. The summed E-state index contributed by atoms with van der Waals surface area (Å²) in [6.07, 6.45) is -4.60. The van der Waals surface area contributed by atoms with Gasteiger partial charge in [-0.1, -0.05) is 23.7 Å². The third-order valence-corrected chi connectivity index (χ3v) is 3.41. The Balaban J connectivity index is 1.89. The molecule has 0 spiro atoms. The largest absolute Gasteiger partial charge is 0.417 e. The first-order valence-electron chi connectivity index (χ1n) is 6.87. The normalized spacial score (nSPS) is 11.4. The van der Waals surface area contributed by atoms with Crippen molar-refractivity contribution >= 4 is 23.2 Å². The van der Waals surface area contributed by atoms with Crippen LogP contribution in [0.25, 0.3) is 0 Å². The zero-order chi connectivity index (χ0) is 17.7. The fourth-order valence-electron chi connectivity index (χ4n) is 1.95. The Morgan fingerprint density at radius 2 is 1.75 bits per heavy atom. The van der Waals surface area contributed by atoms with E-state index in [1.807, 2.05) is 0 Å². The predicted octanol–water partition coefficient (Wildman–Crippen LogP) is 4.23. The van der Waals surface area contributed by atoms with Gasteiger partial charge in [0.15, 0.2) is 0 Å². The van der Waals surface area contributed by atoms with Crippen LogP contribution in [-0.2, 0) is 17.5 Å². The zero-order valence-corrected chi connectivity index (χ0v) is 13.0. The topological polar surface area (TPSA) is 41.1 Å². The minimum Gasteiger partial charge on any atom is -0.325 e. The molecule has 0 saturated carbocycles. The first-order chi connectivity index (χ1) is 11.3. The molecule has 0 heterocycles. The summed E-state index contributed by atoms with van der Waals surface area (Å²) in [5, 5.41) is 4.74. The average Bonchev–Trinajstić information content (AvgIpc) is 2.50. The van der Waals surface area contributed by atoms with Gasteiger partial charge in [0.1, 0.15) is 5.82 Å². The van der Waals surface area contributed by atoms with E-state index in [1.165, 1.54) is 18.2 Å². The van der Waals surface area contributed by atoms with Crippen molar-refractivity contribution in [2.45, 2.75) is 12.7 Å². The molecule has 2 aromatic carbocycles. The van der Waals surface area contributed by atoms with E-state index < -0.39 is 22.7 Å². The van der Waals surface area contributed by atoms with E-state index in [1.54, 1.807) is 12.1 Å². The summed E-state index contributed by atoms with van der Waals surface area (Å²) < 4.78 is 51.0. The molecule has 0 aliphatic heterocycles. The summed E-state index contributed by atoms with van der Waals surface area (Å²) in [7, 11) is 0. The van der Waals surface area contributed by atoms with E-state index in [0.717, 1.165) is 17.7 Å². The van der Waals surface area contributed by atoms with Gasteiger partial charge < -0.3 is 10.6 Å². The highest BCUT2D eigenvalue weighted by Crippen LogP contribution is 2.36. The van der Waals surface area contributed by atoms with E-state index in [4.69, 9.17) is 11.6 Å². The minimum atomic E-state index is -4.60. The summed E-state index contributed by atoms with van der Waals surface area (Å²) in [5.41, 5.74) is -0.239. The van der Waals surface area contributed by atoms with Crippen LogP contribution >= 0.6 is 11.6 Å². The third-order valence-electron chi connectivity index (χ3n) is 3.08. The van der Waals surface area contributed by atoms with Gasteiger partial charge in [-0.25, -0.2) is 4.39 Å². The van der Waals surface area contributed by atoms with Gasteiger partial charge in [-0.05, 0) is 35.9 Å². The molecule has 0 atom stereocenters. The first-order valence-corrected chi connectivity index (χ1v) is 7.25. The van der Waals surface area contributed by atoms with Crippen LogP contribution in [0.3, 0.4) is 0 Å². The Bertz CT molecular complexity index is 717. The van der Waals surface area contributed by atoms with Gasteiger partial charge in [0.05, 0.1) is 17.1 Å². The smallest absolute Gasteiger partial charge is 0.325 e. The molecule has 2 rings (SSSR count). The summed E-state index contributed by atoms with van der Waals surface area (Å²) in [6, 6.07) is 8.86. The maximum Gasteiger partial charge on any atom is 0.417 e. The van der Waals surface area contributed by atoms with E-state index in [-0.39, 0.29) is 18.0 Å². The molecule has 1 amide bonds. The Morgan fingerprint density at radius 1 is 1.08 bits per heavy atom. The lowest BCUT2D eigenvalue weighted by atomic mass is 10.2. The molecule has 0 bridgehead atoms. The van der Waals surface area contributed by atoms with Gasteiger partial charge in [0.25, 0.3) is 0 Å². The molecular weight excluding hydrogens is 348 g/mol. The Morgan fingerprint density at radius 3 is 2.38 bits per heavy atom. The molecule has 128 valence electrons. The number of hydrogen-bond acceptors (Lipinski definition) is 2. The fourth-order valence-corrected chi connectivity index (χ4v) is 2.17. The summed E-state index contributed by atoms with van der Waals surface area (Å²) in [6.45, 7) is 0.212. The molecule has 0 aliphatic rings. The van der Waals surface area contributed by atoms with Crippen molar-refractivity contribution in [3.05, 3.63) is 64.4 Å². The lowest BCUT2D eigenvalue weighted by Crippen LogP contribution is -2.27. The van der Waals surface area contributed by atoms with E-state index >= 15 is 0 Å². The molecule has 0 aromatic heterocycles. The van der Waals surface area contributed by atoms with Crippen molar-refractivity contribution in [2.24, 2.45) is 0 Å². The molecule has 24 heavy (non-hydrogen) atoms. The molecule has 0 fully saturated rings. The molecule has 0 aliphatic carbocycles. The third kappa shape index (κ3) is 5.21. The number of nitrogens with one attached hydrogen (secondary N) is 2. The lowest BCUT2D eigenvalue weighted by Gasteiger charge is -2.12. The van der Waals surface area contributed by atoms with Crippen LogP contribution in [0.2, 0.25) is 5.02 Å². The summed E-state index contributed by atoms with van der Waals surface area (Å²) in [5.74, 6) is -0.868. The van der Waals surface area contributed by atoms with Crippen LogP contribution < -0.4 is 10.6 Å². The molecule has 0 unspecified atom stereocenters. The van der Waals surface area contributed by atoms with Gasteiger partial charge in [-0.2, -0.15) is 13.2 Å². The summed E-state index contributed by atoms with van der Waals surface area (Å²) in [4.78, 5) is 11.8. The van der Waals surface area contributed by atoms with Crippen molar-refractivity contribution in [3.8, 4) is 0 Å². The van der Waals surface area contributed by atoms with Gasteiger partial charge in [-0.15, -0.1) is 0 Å². The molecule has 0 radical (unpaired) electrons. The number of anilines is 1.